The van der Waals surface area contributed by atoms with Crippen LogP contribution in [0.25, 0.3) is 0 Å². The first kappa shape index (κ1) is 8.05. The van der Waals surface area contributed by atoms with E-state index >= 15 is 0 Å². The number of hydrogen-bond acceptors (Lipinski definition) is 2. The van der Waals surface area contributed by atoms with Crippen LogP contribution < -0.4 is 11.1 Å². The van der Waals surface area contributed by atoms with Crippen LogP contribution in [-0.4, -0.2) is 18.0 Å². The van der Waals surface area contributed by atoms with Crippen LogP contribution in [0.15, 0.2) is 0 Å². The molecule has 0 unspecified atom stereocenters. The van der Waals surface area contributed by atoms with Crippen LogP contribution in [0.2, 0.25) is 0 Å². The predicted molar refractivity (Wildman–Crippen MR) is 46.4 cm³/mol. The summed E-state index contributed by atoms with van der Waals surface area (Å²) in [6.45, 7) is 5.46. The molecular weight excluding hydrogens is 152 g/mol. The zero-order valence-electron chi connectivity index (χ0n) is 7.68. The number of carbonyl (C=O) groups excluding carboxylic acids is 1. The molecule has 12 heavy (non-hydrogen) atoms. The Bertz CT molecular complexity index is 229. The third-order valence-electron chi connectivity index (χ3n) is 3.87. The summed E-state index contributed by atoms with van der Waals surface area (Å²) in [6, 6.07) is 0. The average molecular weight is 168 g/mol. The lowest BCUT2D eigenvalue weighted by atomic mass is 9.49. The van der Waals surface area contributed by atoms with Crippen molar-refractivity contribution in [1.82, 2.24) is 5.32 Å². The first-order chi connectivity index (χ1) is 5.47. The van der Waals surface area contributed by atoms with Gasteiger partial charge in [-0.05, 0) is 26.7 Å². The maximum atomic E-state index is 10.8. The van der Waals surface area contributed by atoms with Crippen LogP contribution in [-0.2, 0) is 4.79 Å². The van der Waals surface area contributed by atoms with Crippen LogP contribution in [0.3, 0.4) is 0 Å². The van der Waals surface area contributed by atoms with Crippen molar-refractivity contribution in [3.63, 3.8) is 0 Å². The van der Waals surface area contributed by atoms with Gasteiger partial charge in [0.2, 0.25) is 5.91 Å². The minimum atomic E-state index is -0.122. The number of hydrogen-bond donors (Lipinski definition) is 2. The van der Waals surface area contributed by atoms with E-state index in [1.165, 1.54) is 0 Å². The van der Waals surface area contributed by atoms with Gasteiger partial charge in [0, 0.05) is 23.4 Å². The second-order valence-corrected chi connectivity index (χ2v) is 4.77. The fraction of sp³-hybridized carbons (Fsp3) is 0.889. The van der Waals surface area contributed by atoms with Crippen molar-refractivity contribution >= 4 is 5.91 Å². The molecule has 0 aromatic carbocycles. The third kappa shape index (κ3) is 0.774. The zero-order chi connectivity index (χ0) is 8.98. The van der Waals surface area contributed by atoms with Gasteiger partial charge in [-0.3, -0.25) is 4.79 Å². The second-order valence-electron chi connectivity index (χ2n) is 4.77. The molecule has 0 bridgehead atoms. The van der Waals surface area contributed by atoms with Crippen LogP contribution >= 0.6 is 0 Å². The van der Waals surface area contributed by atoms with E-state index in [2.05, 4.69) is 19.2 Å². The molecule has 1 saturated heterocycles. The fourth-order valence-electron chi connectivity index (χ4n) is 2.43. The highest BCUT2D eigenvalue weighted by atomic mass is 16.1. The van der Waals surface area contributed by atoms with Crippen molar-refractivity contribution in [2.75, 3.05) is 6.54 Å². The van der Waals surface area contributed by atoms with E-state index in [1.807, 2.05) is 0 Å². The van der Waals surface area contributed by atoms with Gasteiger partial charge in [0.25, 0.3) is 0 Å². The summed E-state index contributed by atoms with van der Waals surface area (Å²) in [5, 5.41) is 3.38. The standard InChI is InChI=1S/C9H16N2O/c1-8(2)9(5-11-8)3-6(4-9)7(10)12/h6,11H,3-5H2,1-2H3,(H2,10,12). The molecule has 0 aromatic rings. The Morgan fingerprint density at radius 3 is 2.33 bits per heavy atom. The van der Waals surface area contributed by atoms with Crippen molar-refractivity contribution in [3.05, 3.63) is 0 Å². The molecule has 68 valence electrons. The second kappa shape index (κ2) is 2.02. The van der Waals surface area contributed by atoms with E-state index in [-0.39, 0.29) is 17.4 Å². The minimum absolute atomic E-state index is 0.122. The fourth-order valence-corrected chi connectivity index (χ4v) is 2.43. The molecule has 2 rings (SSSR count). The van der Waals surface area contributed by atoms with Gasteiger partial charge in [-0.1, -0.05) is 0 Å². The summed E-state index contributed by atoms with van der Waals surface area (Å²) in [4.78, 5) is 10.8. The summed E-state index contributed by atoms with van der Waals surface area (Å²) in [6.07, 6.45) is 1.98. The molecule has 0 atom stereocenters. The molecule has 1 heterocycles. The Morgan fingerprint density at radius 2 is 2.08 bits per heavy atom. The van der Waals surface area contributed by atoms with Crippen molar-refractivity contribution < 1.29 is 4.79 Å². The number of primary amides is 1. The lowest BCUT2D eigenvalue weighted by molar-refractivity contribution is -0.143. The van der Waals surface area contributed by atoms with E-state index in [1.54, 1.807) is 0 Å². The highest BCUT2D eigenvalue weighted by Crippen LogP contribution is 2.56. The molecule has 1 amide bonds. The molecule has 1 spiro atoms. The highest BCUT2D eigenvalue weighted by molar-refractivity contribution is 5.78. The Hall–Kier alpha value is -0.570. The molecule has 1 aliphatic heterocycles. The van der Waals surface area contributed by atoms with Gasteiger partial charge in [-0.25, -0.2) is 0 Å². The average Bonchev–Trinajstić information content (AvgIpc) is 1.81. The molecule has 0 radical (unpaired) electrons. The molecule has 1 saturated carbocycles. The van der Waals surface area contributed by atoms with Crippen LogP contribution in [0, 0.1) is 11.3 Å². The number of amides is 1. The summed E-state index contributed by atoms with van der Waals surface area (Å²) >= 11 is 0. The maximum Gasteiger partial charge on any atom is 0.220 e. The molecule has 3 heteroatoms. The van der Waals surface area contributed by atoms with Gasteiger partial charge in [0.15, 0.2) is 0 Å². The maximum absolute atomic E-state index is 10.8. The number of nitrogens with two attached hydrogens (primary N) is 1. The van der Waals surface area contributed by atoms with Gasteiger partial charge in [-0.2, -0.15) is 0 Å². The Balaban J connectivity index is 2.00. The summed E-state index contributed by atoms with van der Waals surface area (Å²) in [5.41, 5.74) is 5.83. The summed E-state index contributed by atoms with van der Waals surface area (Å²) in [7, 11) is 0. The van der Waals surface area contributed by atoms with E-state index in [0.717, 1.165) is 19.4 Å². The number of carbonyl (C=O) groups is 1. The quantitative estimate of drug-likeness (QED) is 0.589. The summed E-state index contributed by atoms with van der Waals surface area (Å²) < 4.78 is 0. The lowest BCUT2D eigenvalue weighted by Gasteiger charge is -2.64. The van der Waals surface area contributed by atoms with Crippen molar-refractivity contribution in [2.24, 2.45) is 17.1 Å². The number of rotatable bonds is 1. The SMILES string of the molecule is CC1(C)NCC12CC(C(N)=O)C2. The van der Waals surface area contributed by atoms with Crippen LogP contribution in [0.1, 0.15) is 26.7 Å². The van der Waals surface area contributed by atoms with E-state index in [4.69, 9.17) is 5.73 Å². The molecule has 2 fully saturated rings. The van der Waals surface area contributed by atoms with Crippen LogP contribution in [0.4, 0.5) is 0 Å². The molecule has 3 nitrogen and oxygen atoms in total. The smallest absolute Gasteiger partial charge is 0.220 e. The molecule has 2 aliphatic rings. The van der Waals surface area contributed by atoms with E-state index < -0.39 is 0 Å². The monoisotopic (exact) mass is 168 g/mol. The lowest BCUT2D eigenvalue weighted by Crippen LogP contribution is -2.74. The molecular formula is C9H16N2O. The van der Waals surface area contributed by atoms with Gasteiger partial charge < -0.3 is 11.1 Å². The minimum Gasteiger partial charge on any atom is -0.369 e. The van der Waals surface area contributed by atoms with E-state index in [9.17, 15) is 4.79 Å². The normalized spacial score (nSPS) is 43.3. The molecule has 0 aromatic heterocycles. The first-order valence-electron chi connectivity index (χ1n) is 4.51. The first-order valence-corrected chi connectivity index (χ1v) is 4.51. The van der Waals surface area contributed by atoms with Crippen molar-refractivity contribution in [1.29, 1.82) is 0 Å². The van der Waals surface area contributed by atoms with Gasteiger partial charge in [-0.15, -0.1) is 0 Å². The topological polar surface area (TPSA) is 55.1 Å². The van der Waals surface area contributed by atoms with Gasteiger partial charge in [0.05, 0.1) is 0 Å². The molecule has 3 N–H and O–H groups in total. The van der Waals surface area contributed by atoms with Crippen molar-refractivity contribution in [2.45, 2.75) is 32.2 Å². The molecule has 1 aliphatic carbocycles. The largest absolute Gasteiger partial charge is 0.369 e. The van der Waals surface area contributed by atoms with Gasteiger partial charge in [0.1, 0.15) is 0 Å². The van der Waals surface area contributed by atoms with Crippen LogP contribution in [0.5, 0.6) is 0 Å². The van der Waals surface area contributed by atoms with Crippen molar-refractivity contribution in [3.8, 4) is 0 Å². The third-order valence-corrected chi connectivity index (χ3v) is 3.87. The Morgan fingerprint density at radius 1 is 1.50 bits per heavy atom. The summed E-state index contributed by atoms with van der Waals surface area (Å²) in [5.74, 6) is 0.0229. The number of nitrogens with one attached hydrogen (secondary N) is 1. The Labute approximate surface area is 72.7 Å². The zero-order valence-corrected chi connectivity index (χ0v) is 7.68. The Kier molecular flexibility index (Phi) is 1.35. The van der Waals surface area contributed by atoms with E-state index in [0.29, 0.717) is 5.41 Å². The predicted octanol–water partition coefficient (Wildman–Crippen LogP) is 0.250. The highest BCUT2D eigenvalue weighted by Gasteiger charge is 2.60. The van der Waals surface area contributed by atoms with Gasteiger partial charge >= 0.3 is 0 Å².